The molecule has 0 aliphatic rings. The second-order valence-electron chi connectivity index (χ2n) is 4.97. The van der Waals surface area contributed by atoms with Crippen LogP contribution in [-0.2, 0) is 6.54 Å². The number of phenols is 1. The third-order valence-corrected chi connectivity index (χ3v) is 3.27. The van der Waals surface area contributed by atoms with Crippen molar-refractivity contribution in [2.45, 2.75) is 13.5 Å². The standard InChI is InChI=1S/C17H16N2O2/c1-12-8-15(6-7-16(12)20)17(21)19(2)11-14-5-3-4-13(9-14)10-18/h3-9,20H,11H2,1-2H3. The highest BCUT2D eigenvalue weighted by Gasteiger charge is 2.13. The summed E-state index contributed by atoms with van der Waals surface area (Å²) in [5.41, 5.74) is 2.68. The molecule has 1 amide bonds. The molecular weight excluding hydrogens is 264 g/mol. The van der Waals surface area contributed by atoms with Gasteiger partial charge in [-0.3, -0.25) is 4.79 Å². The summed E-state index contributed by atoms with van der Waals surface area (Å²) in [7, 11) is 1.71. The minimum absolute atomic E-state index is 0.125. The molecule has 0 aromatic heterocycles. The maximum Gasteiger partial charge on any atom is 0.253 e. The molecule has 0 aliphatic carbocycles. The fraction of sp³-hybridized carbons (Fsp3) is 0.176. The van der Waals surface area contributed by atoms with Gasteiger partial charge in [0.2, 0.25) is 0 Å². The van der Waals surface area contributed by atoms with Gasteiger partial charge in [-0.15, -0.1) is 0 Å². The Kier molecular flexibility index (Phi) is 4.24. The Morgan fingerprint density at radius 1 is 1.29 bits per heavy atom. The van der Waals surface area contributed by atoms with Gasteiger partial charge in [0.05, 0.1) is 11.6 Å². The van der Waals surface area contributed by atoms with Crippen LogP contribution in [0.2, 0.25) is 0 Å². The zero-order chi connectivity index (χ0) is 15.4. The average molecular weight is 280 g/mol. The first-order valence-electron chi connectivity index (χ1n) is 6.55. The molecule has 4 nitrogen and oxygen atoms in total. The van der Waals surface area contributed by atoms with E-state index in [0.717, 1.165) is 5.56 Å². The number of hydrogen-bond donors (Lipinski definition) is 1. The Labute approximate surface area is 123 Å². The van der Waals surface area contributed by atoms with Crippen LogP contribution in [0.15, 0.2) is 42.5 Å². The van der Waals surface area contributed by atoms with E-state index < -0.39 is 0 Å². The van der Waals surface area contributed by atoms with Crippen LogP contribution in [0.3, 0.4) is 0 Å². The molecule has 0 heterocycles. The van der Waals surface area contributed by atoms with E-state index in [9.17, 15) is 9.90 Å². The Hall–Kier alpha value is -2.80. The van der Waals surface area contributed by atoms with E-state index in [0.29, 0.717) is 23.2 Å². The second-order valence-corrected chi connectivity index (χ2v) is 4.97. The van der Waals surface area contributed by atoms with Crippen LogP contribution in [-0.4, -0.2) is 23.0 Å². The largest absolute Gasteiger partial charge is 0.508 e. The molecule has 0 fully saturated rings. The quantitative estimate of drug-likeness (QED) is 0.940. The predicted octanol–water partition coefficient (Wildman–Crippen LogP) is 2.84. The third kappa shape index (κ3) is 3.40. The van der Waals surface area contributed by atoms with E-state index in [4.69, 9.17) is 5.26 Å². The Bertz CT molecular complexity index is 717. The molecular formula is C17H16N2O2. The summed E-state index contributed by atoms with van der Waals surface area (Å²) in [6.45, 7) is 2.18. The highest BCUT2D eigenvalue weighted by molar-refractivity contribution is 5.94. The zero-order valence-corrected chi connectivity index (χ0v) is 12.0. The van der Waals surface area contributed by atoms with Gasteiger partial charge in [-0.05, 0) is 48.4 Å². The number of phenolic OH excluding ortho intramolecular Hbond substituents is 1. The molecule has 0 atom stereocenters. The van der Waals surface area contributed by atoms with Crippen molar-refractivity contribution in [2.75, 3.05) is 7.05 Å². The lowest BCUT2D eigenvalue weighted by Crippen LogP contribution is -2.26. The van der Waals surface area contributed by atoms with E-state index in [1.165, 1.54) is 6.07 Å². The van der Waals surface area contributed by atoms with Crippen LogP contribution < -0.4 is 0 Å². The Balaban J connectivity index is 2.15. The molecule has 21 heavy (non-hydrogen) atoms. The number of nitrogens with zero attached hydrogens (tertiary/aromatic N) is 2. The molecule has 106 valence electrons. The van der Waals surface area contributed by atoms with Gasteiger partial charge < -0.3 is 10.0 Å². The Morgan fingerprint density at radius 2 is 2.05 bits per heavy atom. The molecule has 0 unspecified atom stereocenters. The monoisotopic (exact) mass is 280 g/mol. The lowest BCUT2D eigenvalue weighted by molar-refractivity contribution is 0.0785. The molecule has 0 bridgehead atoms. The lowest BCUT2D eigenvalue weighted by Gasteiger charge is -2.18. The SMILES string of the molecule is Cc1cc(C(=O)N(C)Cc2cccc(C#N)c2)ccc1O. The van der Waals surface area contributed by atoms with Gasteiger partial charge >= 0.3 is 0 Å². The van der Waals surface area contributed by atoms with Gasteiger partial charge in [0.15, 0.2) is 0 Å². The van der Waals surface area contributed by atoms with E-state index in [1.54, 1.807) is 49.2 Å². The van der Waals surface area contributed by atoms with Crippen LogP contribution in [0.25, 0.3) is 0 Å². The van der Waals surface area contributed by atoms with Crippen LogP contribution in [0.1, 0.15) is 27.0 Å². The van der Waals surface area contributed by atoms with Crippen LogP contribution in [0.4, 0.5) is 0 Å². The summed E-state index contributed by atoms with van der Waals surface area (Å²) < 4.78 is 0. The number of benzene rings is 2. The van der Waals surface area contributed by atoms with Crippen molar-refractivity contribution in [2.24, 2.45) is 0 Å². The summed E-state index contributed by atoms with van der Waals surface area (Å²) in [6, 6.07) is 14.1. The topological polar surface area (TPSA) is 64.3 Å². The Morgan fingerprint density at radius 3 is 2.71 bits per heavy atom. The number of amides is 1. The molecule has 2 rings (SSSR count). The number of aromatic hydroxyl groups is 1. The smallest absolute Gasteiger partial charge is 0.253 e. The number of aryl methyl sites for hydroxylation is 1. The minimum Gasteiger partial charge on any atom is -0.508 e. The normalized spacial score (nSPS) is 9.95. The van der Waals surface area contributed by atoms with Gasteiger partial charge in [0, 0.05) is 19.2 Å². The van der Waals surface area contributed by atoms with Crippen LogP contribution >= 0.6 is 0 Å². The van der Waals surface area contributed by atoms with Crippen molar-refractivity contribution in [3.63, 3.8) is 0 Å². The molecule has 0 saturated carbocycles. The number of carbonyl (C=O) groups excluding carboxylic acids is 1. The molecule has 2 aromatic carbocycles. The van der Waals surface area contributed by atoms with E-state index >= 15 is 0 Å². The third-order valence-electron chi connectivity index (χ3n) is 3.27. The summed E-state index contributed by atoms with van der Waals surface area (Å²) in [5.74, 6) is 0.0522. The summed E-state index contributed by atoms with van der Waals surface area (Å²) >= 11 is 0. The van der Waals surface area contributed by atoms with Crippen molar-refractivity contribution < 1.29 is 9.90 Å². The van der Waals surface area contributed by atoms with E-state index in [2.05, 4.69) is 6.07 Å². The van der Waals surface area contributed by atoms with Crippen molar-refractivity contribution >= 4 is 5.91 Å². The molecule has 1 N–H and O–H groups in total. The molecule has 0 spiro atoms. The molecule has 0 aliphatic heterocycles. The second kappa shape index (κ2) is 6.10. The summed E-state index contributed by atoms with van der Waals surface area (Å²) in [4.78, 5) is 13.9. The first-order valence-corrected chi connectivity index (χ1v) is 6.55. The van der Waals surface area contributed by atoms with Gasteiger partial charge in [0.25, 0.3) is 5.91 Å². The number of carbonyl (C=O) groups is 1. The highest BCUT2D eigenvalue weighted by Crippen LogP contribution is 2.18. The van der Waals surface area contributed by atoms with Crippen LogP contribution in [0, 0.1) is 18.3 Å². The summed E-state index contributed by atoms with van der Waals surface area (Å²) in [5, 5.41) is 18.4. The van der Waals surface area contributed by atoms with Crippen LogP contribution in [0.5, 0.6) is 5.75 Å². The van der Waals surface area contributed by atoms with E-state index in [1.807, 2.05) is 6.07 Å². The van der Waals surface area contributed by atoms with Crippen molar-refractivity contribution in [3.05, 3.63) is 64.7 Å². The van der Waals surface area contributed by atoms with Gasteiger partial charge in [-0.1, -0.05) is 12.1 Å². The minimum atomic E-state index is -0.125. The van der Waals surface area contributed by atoms with Crippen molar-refractivity contribution in [1.82, 2.24) is 4.90 Å². The molecule has 0 radical (unpaired) electrons. The average Bonchev–Trinajstić information content (AvgIpc) is 2.49. The highest BCUT2D eigenvalue weighted by atomic mass is 16.3. The van der Waals surface area contributed by atoms with E-state index in [-0.39, 0.29) is 11.7 Å². The van der Waals surface area contributed by atoms with Crippen molar-refractivity contribution in [1.29, 1.82) is 5.26 Å². The van der Waals surface area contributed by atoms with Gasteiger partial charge in [-0.2, -0.15) is 5.26 Å². The fourth-order valence-corrected chi connectivity index (χ4v) is 2.09. The van der Waals surface area contributed by atoms with Crippen molar-refractivity contribution in [3.8, 4) is 11.8 Å². The first kappa shape index (κ1) is 14.6. The molecule has 4 heteroatoms. The predicted molar refractivity (Wildman–Crippen MR) is 79.8 cm³/mol. The summed E-state index contributed by atoms with van der Waals surface area (Å²) in [6.07, 6.45) is 0. The van der Waals surface area contributed by atoms with Gasteiger partial charge in [0.1, 0.15) is 5.75 Å². The molecule has 0 saturated heterocycles. The maximum absolute atomic E-state index is 12.3. The first-order chi connectivity index (χ1) is 10.0. The molecule has 2 aromatic rings. The number of hydrogen-bond acceptors (Lipinski definition) is 3. The maximum atomic E-state index is 12.3. The lowest BCUT2D eigenvalue weighted by atomic mass is 10.1. The van der Waals surface area contributed by atoms with Gasteiger partial charge in [-0.25, -0.2) is 0 Å². The number of nitriles is 1. The number of rotatable bonds is 3. The fourth-order valence-electron chi connectivity index (χ4n) is 2.09. The zero-order valence-electron chi connectivity index (χ0n) is 12.0.